The van der Waals surface area contributed by atoms with Crippen molar-refractivity contribution in [2.45, 2.75) is 107 Å². The molecule has 1 amide bonds. The lowest BCUT2D eigenvalue weighted by Gasteiger charge is -2.51. The lowest BCUT2D eigenvalue weighted by molar-refractivity contribution is 0.0434. The number of piperidine rings is 1. The monoisotopic (exact) mass is 612 g/mol. The van der Waals surface area contributed by atoms with Gasteiger partial charge in [-0.05, 0) is 72.8 Å². The molecule has 2 atom stereocenters. The highest BCUT2D eigenvalue weighted by atomic mass is 32.2. The first kappa shape index (κ1) is 30.2. The Morgan fingerprint density at radius 1 is 1.19 bits per heavy atom. The van der Waals surface area contributed by atoms with E-state index in [1.165, 1.54) is 18.2 Å². The van der Waals surface area contributed by atoms with Crippen LogP contribution in [0.4, 0.5) is 16.4 Å². The fourth-order valence-electron chi connectivity index (χ4n) is 6.86. The maximum absolute atomic E-state index is 12.6. The zero-order chi connectivity index (χ0) is 30.6. The highest BCUT2D eigenvalue weighted by molar-refractivity contribution is 7.99. The van der Waals surface area contributed by atoms with Crippen LogP contribution in [0.25, 0.3) is 0 Å². The van der Waals surface area contributed by atoms with Crippen LogP contribution in [0.15, 0.2) is 22.2 Å². The van der Waals surface area contributed by atoms with Crippen molar-refractivity contribution in [1.29, 1.82) is 0 Å². The standard InChI is InChI=1S/C31H44N6O5S/c1-19-27(43-22-8-13-32-26-23(22)41-18-31(36(26)6)9-7-10-31)34-21(16-38)25(33-19)37-14-11-30(12-15-37)17-40-20(2)24(30)35-28(39)42-29(3,4)5/h8,13,20,24,38H,7,9-12,14-18H2,1-6H3,(H,35,39)/t20-,24+/m0/s1. The zero-order valence-corrected chi connectivity index (χ0v) is 26.9. The summed E-state index contributed by atoms with van der Waals surface area (Å²) in [4.78, 5) is 32.6. The molecular formula is C31H44N6O5S. The number of likely N-dealkylation sites (N-methyl/N-ethyl adjacent to an activating group) is 1. The van der Waals surface area contributed by atoms with Crippen LogP contribution < -0.4 is 19.9 Å². The third-order valence-electron chi connectivity index (χ3n) is 9.58. The fraction of sp³-hybridized carbons (Fsp3) is 0.677. The van der Waals surface area contributed by atoms with Crippen molar-refractivity contribution in [3.8, 4) is 5.75 Å². The molecule has 3 aliphatic heterocycles. The van der Waals surface area contributed by atoms with Gasteiger partial charge >= 0.3 is 6.09 Å². The second-order valence-electron chi connectivity index (χ2n) is 13.5. The number of pyridine rings is 1. The van der Waals surface area contributed by atoms with E-state index in [4.69, 9.17) is 24.2 Å². The van der Waals surface area contributed by atoms with E-state index >= 15 is 0 Å². The van der Waals surface area contributed by atoms with Crippen LogP contribution in [0.2, 0.25) is 0 Å². The molecule has 5 heterocycles. The predicted molar refractivity (Wildman–Crippen MR) is 164 cm³/mol. The minimum atomic E-state index is -0.566. The summed E-state index contributed by atoms with van der Waals surface area (Å²) >= 11 is 1.50. The van der Waals surface area contributed by atoms with Gasteiger partial charge in [0.2, 0.25) is 0 Å². The van der Waals surface area contributed by atoms with Crippen LogP contribution in [-0.2, 0) is 16.1 Å². The number of aromatic nitrogens is 3. The van der Waals surface area contributed by atoms with Gasteiger partial charge in [-0.25, -0.2) is 19.7 Å². The number of aryl methyl sites for hydroxylation is 1. The van der Waals surface area contributed by atoms with Gasteiger partial charge in [0.05, 0.1) is 41.5 Å². The average Bonchev–Trinajstić information content (AvgIpc) is 3.22. The summed E-state index contributed by atoms with van der Waals surface area (Å²) in [5.41, 5.74) is 0.662. The van der Waals surface area contributed by atoms with Crippen LogP contribution in [-0.4, -0.2) is 82.8 Å². The molecule has 0 unspecified atom stereocenters. The molecule has 2 N–H and O–H groups in total. The summed E-state index contributed by atoms with van der Waals surface area (Å²) in [7, 11) is 2.11. The van der Waals surface area contributed by atoms with E-state index in [9.17, 15) is 9.90 Å². The third kappa shape index (κ3) is 5.62. The summed E-state index contributed by atoms with van der Waals surface area (Å²) < 4.78 is 17.9. The molecule has 0 aromatic carbocycles. The second-order valence-corrected chi connectivity index (χ2v) is 14.6. The number of hydrogen-bond acceptors (Lipinski definition) is 11. The Hall–Kier alpha value is -2.83. The molecule has 4 aliphatic rings. The van der Waals surface area contributed by atoms with Gasteiger partial charge in [-0.2, -0.15) is 0 Å². The Morgan fingerprint density at radius 2 is 1.93 bits per heavy atom. The first-order chi connectivity index (χ1) is 20.4. The van der Waals surface area contributed by atoms with Gasteiger partial charge in [0, 0.05) is 31.7 Å². The van der Waals surface area contributed by atoms with Crippen LogP contribution in [0.1, 0.15) is 71.2 Å². The van der Waals surface area contributed by atoms with Crippen molar-refractivity contribution in [1.82, 2.24) is 20.3 Å². The Balaban J connectivity index is 1.17. The highest BCUT2D eigenvalue weighted by Gasteiger charge is 2.51. The van der Waals surface area contributed by atoms with E-state index in [0.717, 1.165) is 66.0 Å². The minimum Gasteiger partial charge on any atom is -0.486 e. The number of ether oxygens (including phenoxy) is 3. The Kier molecular flexibility index (Phi) is 7.91. The van der Waals surface area contributed by atoms with E-state index in [0.29, 0.717) is 24.7 Å². The van der Waals surface area contributed by atoms with Crippen molar-refractivity contribution < 1.29 is 24.1 Å². The minimum absolute atomic E-state index is 0.0617. The van der Waals surface area contributed by atoms with Gasteiger partial charge in [0.15, 0.2) is 17.4 Å². The number of aliphatic hydroxyl groups is 1. The van der Waals surface area contributed by atoms with Crippen LogP contribution in [0.5, 0.6) is 5.75 Å². The molecule has 0 radical (unpaired) electrons. The highest BCUT2D eigenvalue weighted by Crippen LogP contribution is 2.49. The van der Waals surface area contributed by atoms with Gasteiger partial charge in [-0.3, -0.25) is 0 Å². The van der Waals surface area contributed by atoms with Gasteiger partial charge in [-0.15, -0.1) is 0 Å². The quantitative estimate of drug-likeness (QED) is 0.497. The van der Waals surface area contributed by atoms with E-state index in [-0.39, 0.29) is 29.7 Å². The molecule has 11 nitrogen and oxygen atoms in total. The summed E-state index contributed by atoms with van der Waals surface area (Å²) in [6.45, 7) is 12.0. The molecule has 234 valence electrons. The van der Waals surface area contributed by atoms with Crippen molar-refractivity contribution >= 4 is 29.5 Å². The maximum Gasteiger partial charge on any atom is 0.407 e. The molecule has 2 spiro atoms. The second kappa shape index (κ2) is 11.3. The average molecular weight is 613 g/mol. The van der Waals surface area contributed by atoms with Gasteiger partial charge in [0.1, 0.15) is 22.9 Å². The normalized spacial score (nSPS) is 24.0. The van der Waals surface area contributed by atoms with Gasteiger partial charge in [-0.1, -0.05) is 11.8 Å². The molecule has 12 heteroatoms. The van der Waals surface area contributed by atoms with Crippen LogP contribution in [0.3, 0.4) is 0 Å². The molecule has 1 aliphatic carbocycles. The van der Waals surface area contributed by atoms with E-state index in [1.54, 1.807) is 0 Å². The smallest absolute Gasteiger partial charge is 0.407 e. The maximum atomic E-state index is 12.6. The Labute approximate surface area is 258 Å². The number of alkyl carbamates (subject to hydrolysis) is 1. The number of rotatable bonds is 5. The van der Waals surface area contributed by atoms with Crippen LogP contribution in [0, 0.1) is 12.3 Å². The van der Waals surface area contributed by atoms with E-state index in [2.05, 4.69) is 27.1 Å². The van der Waals surface area contributed by atoms with Crippen molar-refractivity contribution in [3.63, 3.8) is 0 Å². The Morgan fingerprint density at radius 3 is 2.58 bits per heavy atom. The SMILES string of the molecule is Cc1nc(N2CCC3(CC2)CO[C@@H](C)[C@H]3NC(=O)OC(C)(C)C)c(CO)nc1Sc1ccnc2c1OCC1(CCC1)N2C. The first-order valence-electron chi connectivity index (χ1n) is 15.3. The number of aliphatic hydroxyl groups excluding tert-OH is 1. The molecule has 0 bridgehead atoms. The molecule has 2 aromatic rings. The summed E-state index contributed by atoms with van der Waals surface area (Å²) in [6.07, 6.45) is 6.40. The molecule has 3 fully saturated rings. The predicted octanol–water partition coefficient (Wildman–Crippen LogP) is 4.47. The van der Waals surface area contributed by atoms with E-state index in [1.807, 2.05) is 46.9 Å². The summed E-state index contributed by atoms with van der Waals surface area (Å²) in [5.74, 6) is 2.36. The zero-order valence-electron chi connectivity index (χ0n) is 26.1. The van der Waals surface area contributed by atoms with Gasteiger partial charge in [0.25, 0.3) is 0 Å². The first-order valence-corrected chi connectivity index (χ1v) is 16.1. The largest absolute Gasteiger partial charge is 0.486 e. The number of carbonyl (C=O) groups is 1. The number of hydrogen-bond donors (Lipinski definition) is 2. The Bertz CT molecular complexity index is 1370. The number of nitrogens with zero attached hydrogens (tertiary/aromatic N) is 5. The molecule has 43 heavy (non-hydrogen) atoms. The number of carbonyl (C=O) groups excluding carboxylic acids is 1. The summed E-state index contributed by atoms with van der Waals surface area (Å²) in [5, 5.41) is 14.2. The summed E-state index contributed by atoms with van der Waals surface area (Å²) in [6, 6.07) is 1.82. The molecule has 6 rings (SSSR count). The van der Waals surface area contributed by atoms with Crippen LogP contribution >= 0.6 is 11.8 Å². The topological polar surface area (TPSA) is 122 Å². The molecule has 1 saturated carbocycles. The fourth-order valence-corrected chi connectivity index (χ4v) is 7.79. The molecule has 2 saturated heterocycles. The number of nitrogens with one attached hydrogen (secondary N) is 1. The number of anilines is 2. The van der Waals surface area contributed by atoms with Gasteiger partial charge < -0.3 is 34.4 Å². The van der Waals surface area contributed by atoms with Crippen molar-refractivity contribution in [2.75, 3.05) is 43.2 Å². The lowest BCUT2D eigenvalue weighted by atomic mass is 9.73. The van der Waals surface area contributed by atoms with E-state index < -0.39 is 11.7 Å². The number of fused-ring (bicyclic) bond motifs is 1. The number of amides is 1. The third-order valence-corrected chi connectivity index (χ3v) is 10.7. The molecular weight excluding hydrogens is 568 g/mol. The van der Waals surface area contributed by atoms with Crippen molar-refractivity contribution in [2.24, 2.45) is 5.41 Å². The lowest BCUT2D eigenvalue weighted by Crippen LogP contribution is -2.58. The van der Waals surface area contributed by atoms with Crippen molar-refractivity contribution in [3.05, 3.63) is 23.7 Å². The molecule has 2 aromatic heterocycles.